The van der Waals surface area contributed by atoms with Gasteiger partial charge in [-0.05, 0) is 23.8 Å². The molecule has 0 amide bonds. The molecule has 0 atom stereocenters. The lowest BCUT2D eigenvalue weighted by Crippen LogP contribution is -2.11. The Kier molecular flexibility index (Phi) is 4.36. The number of benzene rings is 2. The molecule has 0 bridgehead atoms. The summed E-state index contributed by atoms with van der Waals surface area (Å²) in [5.74, 6) is -1.21. The van der Waals surface area contributed by atoms with E-state index in [-0.39, 0.29) is 17.2 Å². The Labute approximate surface area is 116 Å². The van der Waals surface area contributed by atoms with Gasteiger partial charge in [0.1, 0.15) is 5.82 Å². The molecule has 0 aromatic heterocycles. The number of anilines is 1. The predicted molar refractivity (Wildman–Crippen MR) is 74.1 cm³/mol. The van der Waals surface area contributed by atoms with Crippen LogP contribution in [0.25, 0.3) is 0 Å². The van der Waals surface area contributed by atoms with E-state index in [4.69, 9.17) is 10.5 Å². The minimum absolute atomic E-state index is 0.0617. The maximum absolute atomic E-state index is 13.2. The van der Waals surface area contributed by atoms with Crippen LogP contribution in [-0.4, -0.2) is 14.4 Å². The zero-order valence-electron chi connectivity index (χ0n) is 10.6. The van der Waals surface area contributed by atoms with Crippen molar-refractivity contribution in [2.24, 2.45) is 0 Å². The van der Waals surface area contributed by atoms with Crippen LogP contribution in [0.4, 0.5) is 10.1 Å². The van der Waals surface area contributed by atoms with Crippen LogP contribution in [-0.2, 0) is 21.2 Å². The average Bonchev–Trinajstić information content (AvgIpc) is 2.38. The lowest BCUT2D eigenvalue weighted by Gasteiger charge is -2.07. The lowest BCUT2D eigenvalue weighted by molar-refractivity contribution is 0.163. The largest absolute Gasteiger partial charge is 0.399 e. The molecule has 0 saturated carbocycles. The molecule has 0 aliphatic heterocycles. The van der Waals surface area contributed by atoms with E-state index in [0.29, 0.717) is 0 Å². The van der Waals surface area contributed by atoms with Gasteiger partial charge in [0.25, 0.3) is 0 Å². The first-order valence-electron chi connectivity index (χ1n) is 5.88. The van der Waals surface area contributed by atoms with Crippen molar-refractivity contribution in [3.05, 3.63) is 59.9 Å². The Balaban J connectivity index is 2.04. The normalized spacial score (nSPS) is 11.4. The minimum Gasteiger partial charge on any atom is -0.399 e. The van der Waals surface area contributed by atoms with Crippen molar-refractivity contribution in [1.82, 2.24) is 0 Å². The lowest BCUT2D eigenvalue weighted by atomic mass is 10.2. The number of halogens is 1. The maximum Gasteiger partial charge on any atom is 0.202 e. The second-order valence-corrected chi connectivity index (χ2v) is 6.22. The van der Waals surface area contributed by atoms with Gasteiger partial charge in [0, 0.05) is 5.69 Å². The van der Waals surface area contributed by atoms with Crippen LogP contribution in [0.5, 0.6) is 0 Å². The van der Waals surface area contributed by atoms with Crippen molar-refractivity contribution >= 4 is 15.5 Å². The topological polar surface area (TPSA) is 69.4 Å². The van der Waals surface area contributed by atoms with Crippen LogP contribution in [0.15, 0.2) is 53.4 Å². The third-order valence-corrected chi connectivity index (χ3v) is 4.03. The van der Waals surface area contributed by atoms with Crippen LogP contribution < -0.4 is 5.73 Å². The first-order valence-corrected chi connectivity index (χ1v) is 7.53. The molecule has 2 N–H and O–H groups in total. The summed E-state index contributed by atoms with van der Waals surface area (Å²) >= 11 is 0. The third-order valence-electron chi connectivity index (χ3n) is 2.60. The first-order chi connectivity index (χ1) is 9.47. The molecular formula is C14H14FNO3S. The second-order valence-electron chi connectivity index (χ2n) is 4.29. The van der Waals surface area contributed by atoms with Crippen LogP contribution in [0.1, 0.15) is 5.56 Å². The van der Waals surface area contributed by atoms with Gasteiger partial charge < -0.3 is 10.5 Å². The van der Waals surface area contributed by atoms with Crippen molar-refractivity contribution in [2.75, 3.05) is 11.7 Å². The van der Waals surface area contributed by atoms with Gasteiger partial charge in [-0.25, -0.2) is 12.8 Å². The molecule has 0 unspecified atom stereocenters. The van der Waals surface area contributed by atoms with E-state index in [2.05, 4.69) is 0 Å². The Hall–Kier alpha value is -1.92. The van der Waals surface area contributed by atoms with Crippen molar-refractivity contribution in [2.45, 2.75) is 11.5 Å². The van der Waals surface area contributed by atoms with Crippen LogP contribution in [0.2, 0.25) is 0 Å². The first kappa shape index (κ1) is 14.5. The molecule has 2 aromatic rings. The van der Waals surface area contributed by atoms with E-state index in [9.17, 15) is 12.8 Å². The van der Waals surface area contributed by atoms with E-state index < -0.39 is 21.6 Å². The quantitative estimate of drug-likeness (QED) is 0.860. The fourth-order valence-electron chi connectivity index (χ4n) is 1.68. The summed E-state index contributed by atoms with van der Waals surface area (Å²) in [5.41, 5.74) is 6.35. The minimum atomic E-state index is -3.72. The van der Waals surface area contributed by atoms with Gasteiger partial charge in [-0.2, -0.15) is 0 Å². The fraction of sp³-hybridized carbons (Fsp3) is 0.143. The number of sulfone groups is 1. The number of ether oxygens (including phenoxy) is 1. The van der Waals surface area contributed by atoms with Crippen LogP contribution in [0.3, 0.4) is 0 Å². The Bertz CT molecular complexity index is 667. The average molecular weight is 295 g/mol. The molecule has 0 fully saturated rings. The van der Waals surface area contributed by atoms with Gasteiger partial charge in [-0.1, -0.05) is 30.3 Å². The van der Waals surface area contributed by atoms with Crippen molar-refractivity contribution in [3.63, 3.8) is 0 Å². The summed E-state index contributed by atoms with van der Waals surface area (Å²) in [6.45, 7) is 0.171. The molecule has 2 aromatic carbocycles. The van der Waals surface area contributed by atoms with E-state index in [0.717, 1.165) is 17.7 Å². The molecule has 0 aliphatic rings. The molecule has 2 rings (SSSR count). The van der Waals surface area contributed by atoms with Gasteiger partial charge in [0.05, 0.1) is 11.5 Å². The van der Waals surface area contributed by atoms with E-state index in [1.165, 1.54) is 6.07 Å². The van der Waals surface area contributed by atoms with Crippen LogP contribution in [0, 0.1) is 5.82 Å². The molecule has 106 valence electrons. The summed E-state index contributed by atoms with van der Waals surface area (Å²) in [6, 6.07) is 12.4. The predicted octanol–water partition coefficient (Wildman–Crippen LogP) is 2.36. The highest BCUT2D eigenvalue weighted by molar-refractivity contribution is 7.91. The molecule has 0 aliphatic carbocycles. The standard InChI is InChI=1S/C14H14FNO3S/c15-12-6-13(16)8-14(7-12)20(17,18)10-19-9-11-4-2-1-3-5-11/h1-8H,9-10,16H2. The van der Waals surface area contributed by atoms with E-state index in [1.807, 2.05) is 30.3 Å². The molecule has 0 spiro atoms. The highest BCUT2D eigenvalue weighted by Crippen LogP contribution is 2.17. The number of hydrogen-bond acceptors (Lipinski definition) is 4. The summed E-state index contributed by atoms with van der Waals surface area (Å²) in [7, 11) is -3.72. The zero-order chi connectivity index (χ0) is 14.6. The summed E-state index contributed by atoms with van der Waals surface area (Å²) in [5, 5.41) is 0. The SMILES string of the molecule is Nc1cc(F)cc(S(=O)(=O)COCc2ccccc2)c1. The Morgan fingerprint density at radius 2 is 1.80 bits per heavy atom. The zero-order valence-corrected chi connectivity index (χ0v) is 11.4. The fourth-order valence-corrected chi connectivity index (χ4v) is 2.72. The van der Waals surface area contributed by atoms with Gasteiger partial charge in [0.2, 0.25) is 9.84 Å². The number of nitrogen functional groups attached to an aromatic ring is 1. The molecule has 0 heterocycles. The smallest absolute Gasteiger partial charge is 0.202 e. The van der Waals surface area contributed by atoms with Crippen molar-refractivity contribution < 1.29 is 17.5 Å². The number of nitrogens with two attached hydrogens (primary N) is 1. The molecule has 6 heteroatoms. The summed E-state index contributed by atoms with van der Waals surface area (Å²) < 4.78 is 42.3. The molecule has 20 heavy (non-hydrogen) atoms. The van der Waals surface area contributed by atoms with Gasteiger partial charge >= 0.3 is 0 Å². The van der Waals surface area contributed by atoms with Gasteiger partial charge in [-0.15, -0.1) is 0 Å². The van der Waals surface area contributed by atoms with Crippen molar-refractivity contribution in [1.29, 1.82) is 0 Å². The van der Waals surface area contributed by atoms with E-state index >= 15 is 0 Å². The monoisotopic (exact) mass is 295 g/mol. The number of hydrogen-bond donors (Lipinski definition) is 1. The molecule has 0 saturated heterocycles. The van der Waals surface area contributed by atoms with Crippen molar-refractivity contribution in [3.8, 4) is 0 Å². The summed E-state index contributed by atoms with van der Waals surface area (Å²) in [6.07, 6.45) is 0. The Morgan fingerprint density at radius 3 is 2.45 bits per heavy atom. The van der Waals surface area contributed by atoms with Gasteiger partial charge in [0.15, 0.2) is 5.94 Å². The third kappa shape index (κ3) is 3.79. The second kappa shape index (κ2) is 6.02. The number of rotatable bonds is 5. The maximum atomic E-state index is 13.2. The Morgan fingerprint density at radius 1 is 1.10 bits per heavy atom. The molecular weight excluding hydrogens is 281 g/mol. The summed E-state index contributed by atoms with van der Waals surface area (Å²) in [4.78, 5) is -0.178. The molecule has 4 nitrogen and oxygen atoms in total. The van der Waals surface area contributed by atoms with E-state index in [1.54, 1.807) is 0 Å². The highest BCUT2D eigenvalue weighted by Gasteiger charge is 2.16. The van der Waals surface area contributed by atoms with Gasteiger partial charge in [-0.3, -0.25) is 0 Å². The highest BCUT2D eigenvalue weighted by atomic mass is 32.2. The van der Waals surface area contributed by atoms with Crippen LogP contribution >= 0.6 is 0 Å². The molecule has 0 radical (unpaired) electrons.